The van der Waals surface area contributed by atoms with Crippen LogP contribution in [-0.4, -0.2) is 30.9 Å². The van der Waals surface area contributed by atoms with E-state index in [0.717, 1.165) is 5.69 Å². The molecule has 0 aliphatic heterocycles. The number of hydrogen-bond acceptors (Lipinski definition) is 4. The molecule has 0 radical (unpaired) electrons. The number of H-pyrrole nitrogens is 1. The number of rotatable bonds is 3. The van der Waals surface area contributed by atoms with Gasteiger partial charge in [0.2, 0.25) is 0 Å². The van der Waals surface area contributed by atoms with Gasteiger partial charge in [0.1, 0.15) is 6.33 Å². The van der Waals surface area contributed by atoms with Crippen LogP contribution in [0, 0.1) is 6.92 Å². The van der Waals surface area contributed by atoms with Crippen molar-refractivity contribution in [1.82, 2.24) is 30.3 Å². The molecule has 2 heterocycles. The van der Waals surface area contributed by atoms with Crippen LogP contribution < -0.4 is 5.32 Å². The highest BCUT2D eigenvalue weighted by Crippen LogP contribution is 2.02. The van der Waals surface area contributed by atoms with Crippen molar-refractivity contribution in [2.75, 3.05) is 0 Å². The number of aromatic amines is 1. The Bertz CT molecular complexity index is 500. The summed E-state index contributed by atoms with van der Waals surface area (Å²) < 4.78 is 1.75. The standard InChI is InChI=1S/C9H12N6O/c1-6-7(3-11-13-6)9(16)10-4-8-14-12-5-15(8)2/h3,5H,4H2,1-2H3,(H,10,16)(H,11,13). The number of aromatic nitrogens is 5. The molecular weight excluding hydrogens is 208 g/mol. The van der Waals surface area contributed by atoms with Gasteiger partial charge in [-0.25, -0.2) is 0 Å². The second kappa shape index (κ2) is 4.13. The summed E-state index contributed by atoms with van der Waals surface area (Å²) in [5, 5.41) is 16.8. The van der Waals surface area contributed by atoms with Gasteiger partial charge in [-0.3, -0.25) is 9.89 Å². The first-order valence-corrected chi connectivity index (χ1v) is 4.79. The molecule has 0 aliphatic rings. The Hall–Kier alpha value is -2.18. The number of carbonyl (C=O) groups excluding carboxylic acids is 1. The van der Waals surface area contributed by atoms with Gasteiger partial charge in [-0.1, -0.05) is 0 Å². The minimum atomic E-state index is -0.172. The number of nitrogens with one attached hydrogen (secondary N) is 2. The second-order valence-electron chi connectivity index (χ2n) is 3.45. The van der Waals surface area contributed by atoms with Gasteiger partial charge in [0.15, 0.2) is 5.82 Å². The minimum Gasteiger partial charge on any atom is -0.345 e. The highest BCUT2D eigenvalue weighted by Gasteiger charge is 2.11. The van der Waals surface area contributed by atoms with E-state index in [9.17, 15) is 4.79 Å². The summed E-state index contributed by atoms with van der Waals surface area (Å²) in [5.74, 6) is 0.531. The van der Waals surface area contributed by atoms with Crippen molar-refractivity contribution in [3.63, 3.8) is 0 Å². The summed E-state index contributed by atoms with van der Waals surface area (Å²) in [5.41, 5.74) is 1.29. The zero-order chi connectivity index (χ0) is 11.5. The number of aryl methyl sites for hydroxylation is 2. The van der Waals surface area contributed by atoms with Crippen LogP contribution in [0.2, 0.25) is 0 Å². The van der Waals surface area contributed by atoms with Crippen LogP contribution in [-0.2, 0) is 13.6 Å². The molecule has 0 atom stereocenters. The third-order valence-electron chi connectivity index (χ3n) is 2.29. The van der Waals surface area contributed by atoms with Crippen molar-refractivity contribution >= 4 is 5.91 Å². The Kier molecular flexibility index (Phi) is 2.67. The highest BCUT2D eigenvalue weighted by molar-refractivity contribution is 5.94. The summed E-state index contributed by atoms with van der Waals surface area (Å²) in [6.07, 6.45) is 3.09. The molecule has 2 N–H and O–H groups in total. The molecule has 0 bridgehead atoms. The minimum absolute atomic E-state index is 0.172. The Balaban J connectivity index is 1.99. The molecular formula is C9H12N6O. The molecule has 0 aromatic carbocycles. The van der Waals surface area contributed by atoms with Crippen LogP contribution >= 0.6 is 0 Å². The third-order valence-corrected chi connectivity index (χ3v) is 2.29. The molecule has 7 nitrogen and oxygen atoms in total. The summed E-state index contributed by atoms with van der Waals surface area (Å²) in [6.45, 7) is 2.14. The van der Waals surface area contributed by atoms with Crippen molar-refractivity contribution in [1.29, 1.82) is 0 Å². The van der Waals surface area contributed by atoms with E-state index in [0.29, 0.717) is 17.9 Å². The van der Waals surface area contributed by atoms with Gasteiger partial charge in [0.05, 0.1) is 18.3 Å². The maximum absolute atomic E-state index is 11.7. The van der Waals surface area contributed by atoms with Gasteiger partial charge in [-0.2, -0.15) is 5.10 Å². The fourth-order valence-corrected chi connectivity index (χ4v) is 1.30. The van der Waals surface area contributed by atoms with Crippen LogP contribution in [0.3, 0.4) is 0 Å². The zero-order valence-electron chi connectivity index (χ0n) is 9.06. The molecule has 0 saturated carbocycles. The van der Waals surface area contributed by atoms with Gasteiger partial charge in [0, 0.05) is 12.7 Å². The van der Waals surface area contributed by atoms with Crippen molar-refractivity contribution < 1.29 is 4.79 Å². The van der Waals surface area contributed by atoms with Crippen molar-refractivity contribution in [3.05, 3.63) is 29.6 Å². The van der Waals surface area contributed by atoms with Gasteiger partial charge in [0.25, 0.3) is 5.91 Å². The number of amides is 1. The smallest absolute Gasteiger partial charge is 0.255 e. The first kappa shape index (κ1) is 10.3. The molecule has 0 spiro atoms. The molecule has 2 rings (SSSR count). The van der Waals surface area contributed by atoms with Crippen molar-refractivity contribution in [2.45, 2.75) is 13.5 Å². The van der Waals surface area contributed by atoms with Gasteiger partial charge < -0.3 is 9.88 Å². The van der Waals surface area contributed by atoms with E-state index >= 15 is 0 Å². The normalized spacial score (nSPS) is 10.4. The monoisotopic (exact) mass is 220 g/mol. The molecule has 1 amide bonds. The molecule has 0 saturated heterocycles. The third kappa shape index (κ3) is 1.92. The van der Waals surface area contributed by atoms with E-state index in [2.05, 4.69) is 25.7 Å². The number of nitrogens with zero attached hydrogens (tertiary/aromatic N) is 4. The van der Waals surface area contributed by atoms with Gasteiger partial charge in [-0.15, -0.1) is 10.2 Å². The number of carbonyl (C=O) groups is 1. The molecule has 16 heavy (non-hydrogen) atoms. The quantitative estimate of drug-likeness (QED) is 0.748. The molecule has 0 fully saturated rings. The summed E-state index contributed by atoms with van der Waals surface area (Å²) in [6, 6.07) is 0. The zero-order valence-corrected chi connectivity index (χ0v) is 9.06. The average Bonchev–Trinajstić information content (AvgIpc) is 2.84. The Morgan fingerprint density at radius 3 is 3.00 bits per heavy atom. The van der Waals surface area contributed by atoms with E-state index < -0.39 is 0 Å². The molecule has 2 aromatic rings. The van der Waals surface area contributed by atoms with E-state index in [1.807, 2.05) is 7.05 Å². The molecule has 0 aliphatic carbocycles. The number of hydrogen-bond donors (Lipinski definition) is 2. The first-order valence-electron chi connectivity index (χ1n) is 4.79. The van der Waals surface area contributed by atoms with Crippen LogP contribution in [0.25, 0.3) is 0 Å². The molecule has 2 aromatic heterocycles. The van der Waals surface area contributed by atoms with Crippen LogP contribution in [0.1, 0.15) is 21.9 Å². The lowest BCUT2D eigenvalue weighted by atomic mass is 10.2. The highest BCUT2D eigenvalue weighted by atomic mass is 16.1. The van der Waals surface area contributed by atoms with E-state index in [1.165, 1.54) is 6.20 Å². The lowest BCUT2D eigenvalue weighted by molar-refractivity contribution is 0.0949. The predicted molar refractivity (Wildman–Crippen MR) is 55.5 cm³/mol. The summed E-state index contributed by atoms with van der Waals surface area (Å²) in [7, 11) is 1.82. The molecule has 0 unspecified atom stereocenters. The molecule has 84 valence electrons. The predicted octanol–water partition coefficient (Wildman–Crippen LogP) is -0.223. The lowest BCUT2D eigenvalue weighted by Gasteiger charge is -2.03. The van der Waals surface area contributed by atoms with Crippen LogP contribution in [0.5, 0.6) is 0 Å². The maximum Gasteiger partial charge on any atom is 0.255 e. The van der Waals surface area contributed by atoms with Crippen LogP contribution in [0.4, 0.5) is 0 Å². The Morgan fingerprint density at radius 1 is 1.62 bits per heavy atom. The largest absolute Gasteiger partial charge is 0.345 e. The van der Waals surface area contributed by atoms with Crippen molar-refractivity contribution in [3.8, 4) is 0 Å². The average molecular weight is 220 g/mol. The summed E-state index contributed by atoms with van der Waals surface area (Å²) >= 11 is 0. The first-order chi connectivity index (χ1) is 7.68. The fraction of sp³-hybridized carbons (Fsp3) is 0.333. The second-order valence-corrected chi connectivity index (χ2v) is 3.45. The fourth-order valence-electron chi connectivity index (χ4n) is 1.30. The lowest BCUT2D eigenvalue weighted by Crippen LogP contribution is -2.24. The van der Waals surface area contributed by atoms with Crippen LogP contribution in [0.15, 0.2) is 12.5 Å². The van der Waals surface area contributed by atoms with Crippen molar-refractivity contribution in [2.24, 2.45) is 7.05 Å². The van der Waals surface area contributed by atoms with Gasteiger partial charge >= 0.3 is 0 Å². The van der Waals surface area contributed by atoms with E-state index in [1.54, 1.807) is 17.8 Å². The molecule has 7 heteroatoms. The van der Waals surface area contributed by atoms with Gasteiger partial charge in [-0.05, 0) is 6.92 Å². The Labute approximate surface area is 91.9 Å². The van der Waals surface area contributed by atoms with E-state index in [-0.39, 0.29) is 5.91 Å². The Morgan fingerprint density at radius 2 is 2.44 bits per heavy atom. The topological polar surface area (TPSA) is 88.5 Å². The summed E-state index contributed by atoms with van der Waals surface area (Å²) in [4.78, 5) is 11.7. The maximum atomic E-state index is 11.7. The SMILES string of the molecule is Cc1[nH]ncc1C(=O)NCc1nncn1C. The van der Waals surface area contributed by atoms with E-state index in [4.69, 9.17) is 0 Å².